The Balaban J connectivity index is 1.77. The van der Waals surface area contributed by atoms with Crippen LogP contribution < -0.4 is 20.0 Å². The Labute approximate surface area is 233 Å². The number of amides is 1. The fourth-order valence-corrected chi connectivity index (χ4v) is 5.32. The van der Waals surface area contributed by atoms with Crippen LogP contribution in [0.3, 0.4) is 0 Å². The first-order valence-electron chi connectivity index (χ1n) is 13.3. The van der Waals surface area contributed by atoms with Crippen LogP contribution in [-0.4, -0.2) is 65.4 Å². The van der Waals surface area contributed by atoms with E-state index < -0.39 is 11.5 Å². The van der Waals surface area contributed by atoms with Gasteiger partial charge in [0.05, 0.1) is 32.8 Å². The molecule has 0 N–H and O–H groups in total. The molecule has 1 atom stereocenters. The van der Waals surface area contributed by atoms with Crippen molar-refractivity contribution in [1.82, 2.24) is 4.90 Å². The molecule has 1 aliphatic heterocycles. The molecule has 8 heteroatoms. The molecule has 0 spiro atoms. The van der Waals surface area contributed by atoms with Gasteiger partial charge in [0.2, 0.25) is 5.91 Å². The Bertz CT molecular complexity index is 1540. The lowest BCUT2D eigenvalue weighted by Crippen LogP contribution is -2.41. The van der Waals surface area contributed by atoms with Gasteiger partial charge >= 0.3 is 5.63 Å². The summed E-state index contributed by atoms with van der Waals surface area (Å²) in [4.78, 5) is 30.5. The molecule has 0 bridgehead atoms. The molecule has 2 heterocycles. The first-order valence-corrected chi connectivity index (χ1v) is 13.3. The number of benzene rings is 3. The third kappa shape index (κ3) is 5.40. The summed E-state index contributed by atoms with van der Waals surface area (Å²) in [5.41, 5.74) is 3.96. The average molecular weight is 543 g/mol. The zero-order valence-electron chi connectivity index (χ0n) is 23.3. The van der Waals surface area contributed by atoms with E-state index in [1.165, 1.54) is 6.07 Å². The van der Waals surface area contributed by atoms with Crippen LogP contribution in [0.1, 0.15) is 23.5 Å². The van der Waals surface area contributed by atoms with Gasteiger partial charge < -0.3 is 28.4 Å². The smallest absolute Gasteiger partial charge is 0.336 e. The molecular formula is C32H34N2O6. The molecule has 1 aliphatic rings. The highest BCUT2D eigenvalue weighted by atomic mass is 16.5. The van der Waals surface area contributed by atoms with E-state index in [0.717, 1.165) is 16.8 Å². The second-order valence-corrected chi connectivity index (χ2v) is 9.98. The van der Waals surface area contributed by atoms with Crippen molar-refractivity contribution in [3.63, 3.8) is 0 Å². The first kappa shape index (κ1) is 27.3. The van der Waals surface area contributed by atoms with Crippen LogP contribution in [0.15, 0.2) is 75.9 Å². The number of nitrogens with zero attached hydrogens (tertiary/aromatic N) is 2. The van der Waals surface area contributed by atoms with Gasteiger partial charge in [-0.3, -0.25) is 4.79 Å². The molecule has 1 saturated heterocycles. The predicted molar refractivity (Wildman–Crippen MR) is 156 cm³/mol. The molecule has 0 radical (unpaired) electrons. The Morgan fingerprint density at radius 1 is 0.950 bits per heavy atom. The lowest BCUT2D eigenvalue weighted by atomic mass is 9.85. The summed E-state index contributed by atoms with van der Waals surface area (Å²) in [6.07, 6.45) is 0.165. The van der Waals surface area contributed by atoms with E-state index in [1.54, 1.807) is 14.2 Å². The minimum atomic E-state index is -0.496. The van der Waals surface area contributed by atoms with Gasteiger partial charge in [0.15, 0.2) is 0 Å². The minimum Gasteiger partial charge on any atom is -0.496 e. The SMILES string of the molecule is COc1cc(OC)c2c(-c3ccccc3)cc(=O)oc2c1[C@H](CC(=O)N1CCOCC1)c1ccc(N(C)C)cc1. The number of carbonyl (C=O) groups excluding carboxylic acids is 1. The van der Waals surface area contributed by atoms with Gasteiger partial charge in [-0.05, 0) is 23.3 Å². The normalized spacial score (nSPS) is 14.2. The Morgan fingerprint density at radius 2 is 1.62 bits per heavy atom. The molecule has 40 heavy (non-hydrogen) atoms. The third-order valence-electron chi connectivity index (χ3n) is 7.41. The average Bonchev–Trinajstić information content (AvgIpc) is 2.99. The first-order chi connectivity index (χ1) is 19.4. The van der Waals surface area contributed by atoms with Crippen LogP contribution in [0.5, 0.6) is 11.5 Å². The van der Waals surface area contributed by atoms with Crippen molar-refractivity contribution in [1.29, 1.82) is 0 Å². The molecule has 0 unspecified atom stereocenters. The number of anilines is 1. The van der Waals surface area contributed by atoms with Crippen molar-refractivity contribution in [2.75, 3.05) is 59.5 Å². The number of hydrogen-bond donors (Lipinski definition) is 0. The summed E-state index contributed by atoms with van der Waals surface area (Å²) in [6, 6.07) is 21.0. The van der Waals surface area contributed by atoms with Crippen LogP contribution >= 0.6 is 0 Å². The van der Waals surface area contributed by atoms with E-state index in [0.29, 0.717) is 59.9 Å². The number of ether oxygens (including phenoxy) is 3. The Morgan fingerprint density at radius 3 is 2.25 bits per heavy atom. The molecule has 1 aromatic heterocycles. The second kappa shape index (κ2) is 11.8. The van der Waals surface area contributed by atoms with E-state index in [1.807, 2.05) is 84.6 Å². The van der Waals surface area contributed by atoms with Gasteiger partial charge in [-0.25, -0.2) is 4.79 Å². The molecule has 8 nitrogen and oxygen atoms in total. The summed E-state index contributed by atoms with van der Waals surface area (Å²) in [7, 11) is 7.11. The van der Waals surface area contributed by atoms with Gasteiger partial charge in [0, 0.05) is 68.5 Å². The van der Waals surface area contributed by atoms with E-state index >= 15 is 0 Å². The number of morpholine rings is 1. The molecule has 1 amide bonds. The van der Waals surface area contributed by atoms with Gasteiger partial charge in [-0.2, -0.15) is 0 Å². The number of hydrogen-bond acceptors (Lipinski definition) is 7. The van der Waals surface area contributed by atoms with Crippen LogP contribution in [0.2, 0.25) is 0 Å². The van der Waals surface area contributed by atoms with Gasteiger partial charge in [0.1, 0.15) is 17.1 Å². The van der Waals surface area contributed by atoms with Crippen molar-refractivity contribution in [3.05, 3.63) is 88.3 Å². The highest BCUT2D eigenvalue weighted by Gasteiger charge is 2.31. The summed E-state index contributed by atoms with van der Waals surface area (Å²) < 4.78 is 23.1. The quantitative estimate of drug-likeness (QED) is 0.292. The maximum absolute atomic E-state index is 13.6. The zero-order chi connectivity index (χ0) is 28.2. The highest BCUT2D eigenvalue weighted by molar-refractivity contribution is 6.01. The van der Waals surface area contributed by atoms with Crippen molar-refractivity contribution in [3.8, 4) is 22.6 Å². The molecule has 1 fully saturated rings. The maximum atomic E-state index is 13.6. The van der Waals surface area contributed by atoms with Gasteiger partial charge in [-0.1, -0.05) is 42.5 Å². The Kier molecular flexibility index (Phi) is 8.07. The number of carbonyl (C=O) groups is 1. The molecule has 0 saturated carbocycles. The predicted octanol–water partition coefficient (Wildman–Crippen LogP) is 4.92. The third-order valence-corrected chi connectivity index (χ3v) is 7.41. The number of rotatable bonds is 8. The van der Waals surface area contributed by atoms with E-state index in [2.05, 4.69) is 0 Å². The summed E-state index contributed by atoms with van der Waals surface area (Å²) in [5.74, 6) is 0.537. The monoisotopic (exact) mass is 542 g/mol. The van der Waals surface area contributed by atoms with Crippen molar-refractivity contribution < 1.29 is 23.4 Å². The number of methoxy groups -OCH3 is 2. The van der Waals surface area contributed by atoms with Gasteiger partial charge in [0.25, 0.3) is 0 Å². The lowest BCUT2D eigenvalue weighted by Gasteiger charge is -2.29. The maximum Gasteiger partial charge on any atom is 0.336 e. The zero-order valence-corrected chi connectivity index (χ0v) is 23.3. The lowest BCUT2D eigenvalue weighted by molar-refractivity contribution is -0.135. The summed E-state index contributed by atoms with van der Waals surface area (Å²) in [5, 5.41) is 0.651. The van der Waals surface area contributed by atoms with Crippen molar-refractivity contribution >= 4 is 22.6 Å². The topological polar surface area (TPSA) is 81.5 Å². The van der Waals surface area contributed by atoms with Crippen molar-refractivity contribution in [2.24, 2.45) is 0 Å². The van der Waals surface area contributed by atoms with Crippen LogP contribution in [0.25, 0.3) is 22.1 Å². The number of fused-ring (bicyclic) bond motifs is 1. The van der Waals surface area contributed by atoms with Gasteiger partial charge in [-0.15, -0.1) is 0 Å². The highest BCUT2D eigenvalue weighted by Crippen LogP contribution is 2.46. The van der Waals surface area contributed by atoms with Crippen LogP contribution in [0, 0.1) is 0 Å². The molecule has 5 rings (SSSR count). The summed E-state index contributed by atoms with van der Waals surface area (Å²) >= 11 is 0. The molecular weight excluding hydrogens is 508 g/mol. The second-order valence-electron chi connectivity index (χ2n) is 9.98. The van der Waals surface area contributed by atoms with E-state index in [-0.39, 0.29) is 12.3 Å². The van der Waals surface area contributed by atoms with E-state index in [9.17, 15) is 9.59 Å². The fraction of sp³-hybridized carbons (Fsp3) is 0.312. The van der Waals surface area contributed by atoms with Crippen molar-refractivity contribution in [2.45, 2.75) is 12.3 Å². The standard InChI is InChI=1S/C32H34N2O6/c1-33(2)23-12-10-22(11-13-23)24(18-28(35)34-14-16-39-17-15-34)30-26(37-3)20-27(38-4)31-25(19-29(36)40-32(30)31)21-8-6-5-7-9-21/h5-13,19-20,24H,14-18H2,1-4H3/t24-/m1/s1. The van der Waals surface area contributed by atoms with Crippen LogP contribution in [-0.2, 0) is 9.53 Å². The minimum absolute atomic E-state index is 0.00225. The molecule has 208 valence electrons. The molecule has 0 aliphatic carbocycles. The van der Waals surface area contributed by atoms with Crippen LogP contribution in [0.4, 0.5) is 5.69 Å². The fourth-order valence-electron chi connectivity index (χ4n) is 5.32. The molecule has 4 aromatic rings. The largest absolute Gasteiger partial charge is 0.496 e. The Hall–Kier alpha value is -4.30. The molecule has 3 aromatic carbocycles. The van der Waals surface area contributed by atoms with E-state index in [4.69, 9.17) is 18.6 Å². The summed E-state index contributed by atoms with van der Waals surface area (Å²) in [6.45, 7) is 2.10.